The molecule has 0 aliphatic heterocycles. The number of thiophene rings is 1. The van der Waals surface area contributed by atoms with Crippen LogP contribution in [0.3, 0.4) is 0 Å². The lowest BCUT2D eigenvalue weighted by Gasteiger charge is -2.20. The van der Waals surface area contributed by atoms with E-state index in [0.717, 1.165) is 12.0 Å². The molecule has 2 aromatic rings. The minimum Gasteiger partial charge on any atom is -0.307 e. The van der Waals surface area contributed by atoms with Gasteiger partial charge in [0.1, 0.15) is 0 Å². The van der Waals surface area contributed by atoms with Gasteiger partial charge in [0.15, 0.2) is 0 Å². The minimum absolute atomic E-state index is 0.144. The van der Waals surface area contributed by atoms with E-state index in [9.17, 15) is 8.42 Å². The van der Waals surface area contributed by atoms with Crippen LogP contribution in [0.15, 0.2) is 46.7 Å². The Morgan fingerprint density at radius 1 is 1.19 bits per heavy atom. The number of sulfonamides is 1. The van der Waals surface area contributed by atoms with Crippen LogP contribution in [0.2, 0.25) is 0 Å². The van der Waals surface area contributed by atoms with Gasteiger partial charge in [0, 0.05) is 17.0 Å². The molecule has 2 atom stereocenters. The molecule has 0 saturated carbocycles. The lowest BCUT2D eigenvalue weighted by molar-refractivity contribution is 0.479. The first-order valence-corrected chi connectivity index (χ1v) is 9.20. The molecule has 1 heterocycles. The fraction of sp³-hybridized carbons (Fsp3) is 0.333. The Kier molecular flexibility index (Phi) is 5.16. The Bertz CT molecular complexity index is 664. The summed E-state index contributed by atoms with van der Waals surface area (Å²) in [7, 11) is -3.62. The van der Waals surface area contributed by atoms with Crippen LogP contribution in [0.25, 0.3) is 0 Å². The number of hydrogen-bond donors (Lipinski definition) is 2. The molecule has 3 N–H and O–H groups in total. The summed E-state index contributed by atoms with van der Waals surface area (Å²) < 4.78 is 22.5. The summed E-state index contributed by atoms with van der Waals surface area (Å²) in [6.45, 7) is 4.21. The first kappa shape index (κ1) is 16.2. The predicted molar refractivity (Wildman–Crippen MR) is 86.9 cm³/mol. The molecular weight excluding hydrogens is 304 g/mol. The molecule has 4 nitrogen and oxygen atoms in total. The molecule has 0 aliphatic rings. The lowest BCUT2D eigenvalue weighted by Crippen LogP contribution is -2.30. The molecule has 6 heteroatoms. The van der Waals surface area contributed by atoms with Gasteiger partial charge >= 0.3 is 0 Å². The Morgan fingerprint density at radius 2 is 1.86 bits per heavy atom. The standard InChI is InChI=1S/C15H20N2O2S2/c1-11(10-14-4-3-9-20-14)17-12(2)13-5-7-15(8-6-13)21(16,18)19/h3-9,11-12,17H,10H2,1-2H3,(H2,16,18,19). The topological polar surface area (TPSA) is 72.2 Å². The molecule has 0 saturated heterocycles. The van der Waals surface area contributed by atoms with Gasteiger partial charge in [-0.1, -0.05) is 18.2 Å². The van der Waals surface area contributed by atoms with Crippen molar-refractivity contribution in [3.05, 3.63) is 52.2 Å². The summed E-state index contributed by atoms with van der Waals surface area (Å²) in [5.74, 6) is 0. The van der Waals surface area contributed by atoms with E-state index in [-0.39, 0.29) is 10.9 Å². The SMILES string of the molecule is CC(Cc1cccs1)NC(C)c1ccc(S(N)(=O)=O)cc1. The van der Waals surface area contributed by atoms with Crippen molar-refractivity contribution < 1.29 is 8.42 Å². The van der Waals surface area contributed by atoms with E-state index in [1.165, 1.54) is 4.88 Å². The van der Waals surface area contributed by atoms with Gasteiger partial charge in [0.2, 0.25) is 10.0 Å². The maximum Gasteiger partial charge on any atom is 0.238 e. The van der Waals surface area contributed by atoms with E-state index >= 15 is 0 Å². The minimum atomic E-state index is -3.62. The number of hydrogen-bond acceptors (Lipinski definition) is 4. The molecule has 0 spiro atoms. The summed E-state index contributed by atoms with van der Waals surface area (Å²) in [6.07, 6.45) is 0.983. The molecule has 2 rings (SSSR count). The summed E-state index contributed by atoms with van der Waals surface area (Å²) >= 11 is 1.76. The van der Waals surface area contributed by atoms with Crippen LogP contribution >= 0.6 is 11.3 Å². The Hall–Kier alpha value is -1.21. The first-order valence-electron chi connectivity index (χ1n) is 6.77. The maximum absolute atomic E-state index is 11.2. The van der Waals surface area contributed by atoms with Gasteiger partial charge in [-0.3, -0.25) is 0 Å². The number of primary sulfonamides is 1. The van der Waals surface area contributed by atoms with Gasteiger partial charge in [-0.25, -0.2) is 13.6 Å². The van der Waals surface area contributed by atoms with Gasteiger partial charge in [0.25, 0.3) is 0 Å². The van der Waals surface area contributed by atoms with Crippen molar-refractivity contribution in [1.29, 1.82) is 0 Å². The molecule has 2 unspecified atom stereocenters. The van der Waals surface area contributed by atoms with Crippen molar-refractivity contribution in [2.45, 2.75) is 37.2 Å². The van der Waals surface area contributed by atoms with E-state index in [1.54, 1.807) is 35.6 Å². The molecule has 0 aliphatic carbocycles. The largest absolute Gasteiger partial charge is 0.307 e. The molecule has 0 amide bonds. The molecule has 1 aromatic carbocycles. The van der Waals surface area contributed by atoms with Crippen molar-refractivity contribution in [1.82, 2.24) is 5.32 Å². The van der Waals surface area contributed by atoms with Gasteiger partial charge in [-0.15, -0.1) is 11.3 Å². The number of nitrogens with one attached hydrogen (secondary N) is 1. The molecule has 0 bridgehead atoms. The Morgan fingerprint density at radius 3 is 2.38 bits per heavy atom. The average Bonchev–Trinajstić information content (AvgIpc) is 2.90. The van der Waals surface area contributed by atoms with Crippen LogP contribution in [0.1, 0.15) is 30.3 Å². The number of nitrogens with two attached hydrogens (primary N) is 1. The lowest BCUT2D eigenvalue weighted by atomic mass is 10.1. The van der Waals surface area contributed by atoms with Crippen LogP contribution in [0.5, 0.6) is 0 Å². The van der Waals surface area contributed by atoms with Crippen molar-refractivity contribution in [2.75, 3.05) is 0 Å². The van der Waals surface area contributed by atoms with E-state index < -0.39 is 10.0 Å². The van der Waals surface area contributed by atoms with Gasteiger partial charge in [-0.05, 0) is 49.4 Å². The monoisotopic (exact) mass is 324 g/mol. The second-order valence-corrected chi connectivity index (χ2v) is 7.78. The van der Waals surface area contributed by atoms with Crippen LogP contribution in [0.4, 0.5) is 0 Å². The molecule has 1 aromatic heterocycles. The fourth-order valence-electron chi connectivity index (χ4n) is 2.26. The van der Waals surface area contributed by atoms with E-state index in [4.69, 9.17) is 5.14 Å². The molecule has 21 heavy (non-hydrogen) atoms. The smallest absolute Gasteiger partial charge is 0.238 e. The summed E-state index contributed by atoms with van der Waals surface area (Å²) in [6, 6.07) is 11.4. The highest BCUT2D eigenvalue weighted by molar-refractivity contribution is 7.89. The molecule has 114 valence electrons. The number of benzene rings is 1. The third-order valence-electron chi connectivity index (χ3n) is 3.33. The summed E-state index contributed by atoms with van der Waals surface area (Å²) in [5.41, 5.74) is 1.04. The fourth-order valence-corrected chi connectivity index (χ4v) is 3.61. The highest BCUT2D eigenvalue weighted by Crippen LogP contribution is 2.17. The summed E-state index contributed by atoms with van der Waals surface area (Å²) in [5, 5.41) is 10.7. The maximum atomic E-state index is 11.2. The quantitative estimate of drug-likeness (QED) is 0.858. The molecular formula is C15H20N2O2S2. The van der Waals surface area contributed by atoms with Crippen molar-refractivity contribution >= 4 is 21.4 Å². The van der Waals surface area contributed by atoms with Crippen LogP contribution in [-0.4, -0.2) is 14.5 Å². The van der Waals surface area contributed by atoms with E-state index in [2.05, 4.69) is 36.7 Å². The highest BCUT2D eigenvalue weighted by Gasteiger charge is 2.12. The van der Waals surface area contributed by atoms with Crippen LogP contribution in [0, 0.1) is 0 Å². The summed E-state index contributed by atoms with van der Waals surface area (Å²) in [4.78, 5) is 1.50. The molecule has 0 fully saturated rings. The first-order chi connectivity index (χ1) is 9.86. The highest BCUT2D eigenvalue weighted by atomic mass is 32.2. The van der Waals surface area contributed by atoms with E-state index in [0.29, 0.717) is 6.04 Å². The van der Waals surface area contributed by atoms with Crippen molar-refractivity contribution in [3.8, 4) is 0 Å². The average molecular weight is 324 g/mol. The van der Waals surface area contributed by atoms with Crippen LogP contribution in [-0.2, 0) is 16.4 Å². The van der Waals surface area contributed by atoms with Gasteiger partial charge in [0.05, 0.1) is 4.90 Å². The third-order valence-corrected chi connectivity index (χ3v) is 5.16. The number of rotatable bonds is 6. The Labute approximate surface area is 130 Å². The van der Waals surface area contributed by atoms with Gasteiger partial charge in [-0.2, -0.15) is 0 Å². The second kappa shape index (κ2) is 6.70. The zero-order valence-electron chi connectivity index (χ0n) is 12.1. The normalized spacial score (nSPS) is 14.8. The second-order valence-electron chi connectivity index (χ2n) is 5.19. The van der Waals surface area contributed by atoms with Gasteiger partial charge < -0.3 is 5.32 Å². The van der Waals surface area contributed by atoms with Crippen molar-refractivity contribution in [3.63, 3.8) is 0 Å². The van der Waals surface area contributed by atoms with Crippen LogP contribution < -0.4 is 10.5 Å². The zero-order valence-corrected chi connectivity index (χ0v) is 13.7. The zero-order chi connectivity index (χ0) is 15.5. The van der Waals surface area contributed by atoms with Crippen molar-refractivity contribution in [2.24, 2.45) is 5.14 Å². The van der Waals surface area contributed by atoms with E-state index in [1.807, 2.05) is 0 Å². The predicted octanol–water partition coefficient (Wildman–Crippen LogP) is 2.68. The Balaban J connectivity index is 1.98. The molecule has 0 radical (unpaired) electrons. The third kappa shape index (κ3) is 4.64.